The smallest absolute Gasteiger partial charge is 0.293 e. The predicted octanol–water partition coefficient (Wildman–Crippen LogP) is 2.54. The van der Waals surface area contributed by atoms with Crippen LogP contribution in [-0.4, -0.2) is 22.7 Å². The molecule has 1 aliphatic rings. The van der Waals surface area contributed by atoms with E-state index in [1.54, 1.807) is 12.1 Å². The molecule has 0 heterocycles. The van der Waals surface area contributed by atoms with Gasteiger partial charge < -0.3 is 10.4 Å². The molecule has 1 aliphatic carbocycles. The zero-order valence-electron chi connectivity index (χ0n) is 9.10. The molecule has 6 heteroatoms. The highest BCUT2D eigenvalue weighted by atomic mass is 79.9. The number of hydrogen-bond acceptors (Lipinski definition) is 4. The Kier molecular flexibility index (Phi) is 3.63. The molecule has 2 rings (SSSR count). The Morgan fingerprint density at radius 3 is 2.88 bits per heavy atom. The van der Waals surface area contributed by atoms with E-state index in [1.165, 1.54) is 6.07 Å². The number of nitrogens with zero attached hydrogens (tertiary/aromatic N) is 1. The molecule has 1 fully saturated rings. The Morgan fingerprint density at radius 1 is 1.59 bits per heavy atom. The first kappa shape index (κ1) is 12.3. The number of rotatable bonds is 5. The van der Waals surface area contributed by atoms with Crippen LogP contribution in [0.15, 0.2) is 22.7 Å². The molecule has 0 amide bonds. The minimum absolute atomic E-state index is 0.0161. The number of benzene rings is 1. The second kappa shape index (κ2) is 5.01. The van der Waals surface area contributed by atoms with Crippen molar-refractivity contribution in [3.8, 4) is 0 Å². The highest BCUT2D eigenvalue weighted by Crippen LogP contribution is 2.33. The Labute approximate surface area is 107 Å². The van der Waals surface area contributed by atoms with Crippen LogP contribution in [0.4, 0.5) is 11.4 Å². The van der Waals surface area contributed by atoms with Crippen molar-refractivity contribution in [1.29, 1.82) is 0 Å². The molecule has 0 aromatic heterocycles. The molecular formula is C11H13BrN2O3. The topological polar surface area (TPSA) is 75.4 Å². The second-order valence-corrected chi connectivity index (χ2v) is 5.12. The van der Waals surface area contributed by atoms with Crippen LogP contribution in [0.5, 0.6) is 0 Å². The molecule has 1 aromatic carbocycles. The van der Waals surface area contributed by atoms with Crippen LogP contribution in [0.2, 0.25) is 0 Å². The number of nitrogens with one attached hydrogen (secondary N) is 1. The molecule has 17 heavy (non-hydrogen) atoms. The molecule has 1 aromatic rings. The van der Waals surface area contributed by atoms with Gasteiger partial charge >= 0.3 is 0 Å². The lowest BCUT2D eigenvalue weighted by Gasteiger charge is -2.11. The maximum Gasteiger partial charge on any atom is 0.293 e. The fourth-order valence-electron chi connectivity index (χ4n) is 1.67. The van der Waals surface area contributed by atoms with Crippen LogP contribution in [0, 0.1) is 16.0 Å². The number of nitro groups is 1. The number of aliphatic hydroxyl groups excluding tert-OH is 1. The first-order valence-corrected chi connectivity index (χ1v) is 6.23. The maximum atomic E-state index is 10.8. The average Bonchev–Trinajstić information content (AvgIpc) is 3.10. The van der Waals surface area contributed by atoms with Crippen molar-refractivity contribution in [2.24, 2.45) is 5.92 Å². The summed E-state index contributed by atoms with van der Waals surface area (Å²) in [6.45, 7) is 0.354. The number of hydrogen-bond donors (Lipinski definition) is 2. The van der Waals surface area contributed by atoms with E-state index >= 15 is 0 Å². The van der Waals surface area contributed by atoms with Gasteiger partial charge in [0.25, 0.3) is 5.69 Å². The third kappa shape index (κ3) is 3.17. The number of aliphatic hydroxyl groups is 1. The van der Waals surface area contributed by atoms with E-state index in [0.717, 1.165) is 12.8 Å². The molecule has 0 bridgehead atoms. The van der Waals surface area contributed by atoms with Crippen LogP contribution in [0.25, 0.3) is 0 Å². The lowest BCUT2D eigenvalue weighted by atomic mass is 10.2. The van der Waals surface area contributed by atoms with Gasteiger partial charge in [0.05, 0.1) is 11.0 Å². The summed E-state index contributed by atoms with van der Waals surface area (Å²) in [7, 11) is 0. The minimum Gasteiger partial charge on any atom is -0.391 e. The van der Waals surface area contributed by atoms with Gasteiger partial charge in [0, 0.05) is 17.1 Å². The molecule has 1 atom stereocenters. The molecule has 2 N–H and O–H groups in total. The molecule has 0 radical (unpaired) electrons. The van der Waals surface area contributed by atoms with Crippen molar-refractivity contribution in [3.63, 3.8) is 0 Å². The van der Waals surface area contributed by atoms with Crippen molar-refractivity contribution in [3.05, 3.63) is 32.8 Å². The van der Waals surface area contributed by atoms with E-state index in [-0.39, 0.29) is 5.69 Å². The van der Waals surface area contributed by atoms with Crippen molar-refractivity contribution >= 4 is 27.3 Å². The molecule has 1 unspecified atom stereocenters. The fraction of sp³-hybridized carbons (Fsp3) is 0.455. The van der Waals surface area contributed by atoms with Crippen molar-refractivity contribution < 1.29 is 10.0 Å². The molecule has 0 saturated heterocycles. The van der Waals surface area contributed by atoms with Gasteiger partial charge in [-0.25, -0.2) is 0 Å². The molecule has 5 nitrogen and oxygen atoms in total. The highest BCUT2D eigenvalue weighted by Gasteiger charge is 2.29. The second-order valence-electron chi connectivity index (χ2n) is 4.20. The predicted molar refractivity (Wildman–Crippen MR) is 68.0 cm³/mol. The Bertz CT molecular complexity index is 435. The fourth-order valence-corrected chi connectivity index (χ4v) is 2.02. The first-order valence-electron chi connectivity index (χ1n) is 5.44. The number of anilines is 1. The quantitative estimate of drug-likeness (QED) is 0.647. The Morgan fingerprint density at radius 2 is 2.29 bits per heavy atom. The summed E-state index contributed by atoms with van der Waals surface area (Å²) in [6, 6.07) is 4.83. The lowest BCUT2D eigenvalue weighted by Crippen LogP contribution is -2.21. The van der Waals surface area contributed by atoms with Gasteiger partial charge in [-0.15, -0.1) is 0 Å². The van der Waals surface area contributed by atoms with Gasteiger partial charge in [-0.1, -0.05) is 15.9 Å². The lowest BCUT2D eigenvalue weighted by molar-refractivity contribution is -0.384. The zero-order chi connectivity index (χ0) is 12.4. The summed E-state index contributed by atoms with van der Waals surface area (Å²) >= 11 is 3.20. The molecule has 1 saturated carbocycles. The van der Waals surface area contributed by atoms with Crippen LogP contribution in [0.3, 0.4) is 0 Å². The number of nitro benzene ring substituents is 1. The van der Waals surface area contributed by atoms with Crippen LogP contribution in [-0.2, 0) is 0 Å². The van der Waals surface area contributed by atoms with E-state index < -0.39 is 11.0 Å². The summed E-state index contributed by atoms with van der Waals surface area (Å²) in [5.41, 5.74) is 0.459. The van der Waals surface area contributed by atoms with E-state index in [0.29, 0.717) is 22.6 Å². The van der Waals surface area contributed by atoms with E-state index in [1.807, 2.05) is 0 Å². The van der Waals surface area contributed by atoms with Gasteiger partial charge in [0.2, 0.25) is 0 Å². The van der Waals surface area contributed by atoms with Crippen molar-refractivity contribution in [2.45, 2.75) is 18.9 Å². The summed E-state index contributed by atoms with van der Waals surface area (Å²) in [5.74, 6) is 0.358. The summed E-state index contributed by atoms with van der Waals surface area (Å²) < 4.78 is 0.664. The Hall–Kier alpha value is -1.14. The minimum atomic E-state index is -0.434. The van der Waals surface area contributed by atoms with Gasteiger partial charge in [-0.3, -0.25) is 10.1 Å². The SMILES string of the molecule is O=[N+]([O-])c1cc(Br)ccc1NCC(O)C1CC1. The summed E-state index contributed by atoms with van der Waals surface area (Å²) in [5, 5.41) is 23.5. The Balaban J connectivity index is 2.06. The molecule has 0 spiro atoms. The zero-order valence-corrected chi connectivity index (χ0v) is 10.7. The van der Waals surface area contributed by atoms with Crippen molar-refractivity contribution in [2.75, 3.05) is 11.9 Å². The summed E-state index contributed by atoms with van der Waals surface area (Å²) in [4.78, 5) is 10.4. The van der Waals surface area contributed by atoms with Gasteiger partial charge in [0.15, 0.2) is 0 Å². The van der Waals surface area contributed by atoms with Gasteiger partial charge in [0.1, 0.15) is 5.69 Å². The summed E-state index contributed by atoms with van der Waals surface area (Å²) in [6.07, 6.45) is 1.68. The first-order chi connectivity index (χ1) is 8.08. The largest absolute Gasteiger partial charge is 0.391 e. The molecule has 92 valence electrons. The maximum absolute atomic E-state index is 10.8. The van der Waals surface area contributed by atoms with Crippen molar-refractivity contribution in [1.82, 2.24) is 0 Å². The van der Waals surface area contributed by atoms with Crippen LogP contribution in [0.1, 0.15) is 12.8 Å². The molecule has 0 aliphatic heterocycles. The highest BCUT2D eigenvalue weighted by molar-refractivity contribution is 9.10. The van der Waals surface area contributed by atoms with Gasteiger partial charge in [-0.05, 0) is 30.9 Å². The monoisotopic (exact) mass is 300 g/mol. The normalized spacial score (nSPS) is 16.6. The van der Waals surface area contributed by atoms with E-state index in [2.05, 4.69) is 21.2 Å². The molecular weight excluding hydrogens is 288 g/mol. The average molecular weight is 301 g/mol. The third-order valence-electron chi connectivity index (χ3n) is 2.82. The third-order valence-corrected chi connectivity index (χ3v) is 3.32. The van der Waals surface area contributed by atoms with E-state index in [9.17, 15) is 15.2 Å². The number of halogens is 1. The van der Waals surface area contributed by atoms with E-state index in [4.69, 9.17) is 0 Å². The van der Waals surface area contributed by atoms with Crippen LogP contribution < -0.4 is 5.32 Å². The van der Waals surface area contributed by atoms with Crippen LogP contribution >= 0.6 is 15.9 Å². The van der Waals surface area contributed by atoms with Gasteiger partial charge in [-0.2, -0.15) is 0 Å². The standard InChI is InChI=1S/C11H13BrN2O3/c12-8-3-4-9(10(5-8)14(16)17)13-6-11(15)7-1-2-7/h3-5,7,11,13,15H,1-2,6H2.